The molecule has 0 saturated heterocycles. The summed E-state index contributed by atoms with van der Waals surface area (Å²) >= 11 is 6.28. The highest BCUT2D eigenvalue weighted by atomic mass is 35.5. The van der Waals surface area contributed by atoms with Crippen molar-refractivity contribution < 1.29 is 5.11 Å². The zero-order chi connectivity index (χ0) is 16.7. The summed E-state index contributed by atoms with van der Waals surface area (Å²) in [6.45, 7) is 7.21. The molecule has 2 rings (SSSR count). The minimum Gasteiger partial charge on any atom is -0.387 e. The first-order valence-corrected chi connectivity index (χ1v) is 9.12. The van der Waals surface area contributed by atoms with E-state index in [1.807, 2.05) is 36.4 Å². The Hall–Kier alpha value is -1.09. The van der Waals surface area contributed by atoms with Crippen LogP contribution >= 0.6 is 11.6 Å². The molecular formula is C20H28ClNO. The van der Waals surface area contributed by atoms with Crippen LogP contribution in [0.1, 0.15) is 51.2 Å². The molecule has 3 heteroatoms. The van der Waals surface area contributed by atoms with Crippen LogP contribution in [0.4, 0.5) is 0 Å². The second kappa shape index (κ2) is 9.27. The third kappa shape index (κ3) is 4.94. The Labute approximate surface area is 145 Å². The maximum atomic E-state index is 10.8. The highest BCUT2D eigenvalue weighted by Gasteiger charge is 2.16. The van der Waals surface area contributed by atoms with Gasteiger partial charge in [0.25, 0.3) is 0 Å². The van der Waals surface area contributed by atoms with E-state index in [0.717, 1.165) is 34.4 Å². The first-order chi connectivity index (χ1) is 11.2. The third-order valence-electron chi connectivity index (χ3n) is 4.35. The summed E-state index contributed by atoms with van der Waals surface area (Å²) in [5, 5.41) is 13.6. The lowest BCUT2D eigenvalue weighted by molar-refractivity contribution is 0.112. The topological polar surface area (TPSA) is 23.5 Å². The Kier molecular flexibility index (Phi) is 7.35. The number of fused-ring (bicyclic) bond motifs is 1. The van der Waals surface area contributed by atoms with Crippen LogP contribution in [0, 0.1) is 0 Å². The molecule has 0 radical (unpaired) electrons. The van der Waals surface area contributed by atoms with E-state index in [1.165, 1.54) is 25.7 Å². The molecule has 0 spiro atoms. The number of aliphatic hydroxyl groups excluding tert-OH is 1. The molecule has 0 aliphatic carbocycles. The smallest absolute Gasteiger partial charge is 0.0922 e. The van der Waals surface area contributed by atoms with Crippen LogP contribution in [0.2, 0.25) is 5.02 Å². The molecule has 0 unspecified atom stereocenters. The number of rotatable bonds is 9. The molecule has 2 nitrogen and oxygen atoms in total. The molecule has 2 aromatic carbocycles. The van der Waals surface area contributed by atoms with E-state index in [9.17, 15) is 5.11 Å². The monoisotopic (exact) mass is 333 g/mol. The van der Waals surface area contributed by atoms with Crippen LogP contribution in [0.25, 0.3) is 10.8 Å². The molecule has 0 bridgehead atoms. The lowest BCUT2D eigenvalue weighted by Crippen LogP contribution is -2.30. The Morgan fingerprint density at radius 1 is 0.957 bits per heavy atom. The van der Waals surface area contributed by atoms with E-state index < -0.39 is 6.10 Å². The van der Waals surface area contributed by atoms with Crippen LogP contribution in [0.5, 0.6) is 0 Å². The second-order valence-corrected chi connectivity index (χ2v) is 6.61. The number of hydrogen-bond acceptors (Lipinski definition) is 2. The molecule has 0 aliphatic heterocycles. The number of halogens is 1. The van der Waals surface area contributed by atoms with Gasteiger partial charge in [-0.25, -0.2) is 0 Å². The quantitative estimate of drug-likeness (QED) is 0.661. The average Bonchev–Trinajstić information content (AvgIpc) is 2.57. The normalized spacial score (nSPS) is 12.9. The number of hydrogen-bond donors (Lipinski definition) is 1. The zero-order valence-corrected chi connectivity index (χ0v) is 15.0. The standard InChI is InChI=1S/C20H28ClNO/c1-3-5-13-22(14-6-4-2)15-20(23)18-11-12-19(21)17-10-8-7-9-16(17)18/h7-12,20,23H,3-6,13-15H2,1-2H3/t20-/m1/s1. The Balaban J connectivity index is 2.18. The fourth-order valence-electron chi connectivity index (χ4n) is 2.98. The molecular weight excluding hydrogens is 306 g/mol. The highest BCUT2D eigenvalue weighted by molar-refractivity contribution is 6.35. The van der Waals surface area contributed by atoms with Gasteiger partial charge in [0, 0.05) is 17.0 Å². The van der Waals surface area contributed by atoms with Crippen molar-refractivity contribution in [1.82, 2.24) is 4.90 Å². The third-order valence-corrected chi connectivity index (χ3v) is 4.68. The minimum atomic E-state index is -0.481. The second-order valence-electron chi connectivity index (χ2n) is 6.21. The Morgan fingerprint density at radius 2 is 1.57 bits per heavy atom. The fraction of sp³-hybridized carbons (Fsp3) is 0.500. The highest BCUT2D eigenvalue weighted by Crippen LogP contribution is 2.30. The summed E-state index contributed by atoms with van der Waals surface area (Å²) in [5.74, 6) is 0. The first kappa shape index (κ1) is 18.3. The summed E-state index contributed by atoms with van der Waals surface area (Å²) in [6, 6.07) is 11.9. The van der Waals surface area contributed by atoms with Gasteiger partial charge in [-0.05, 0) is 42.9 Å². The van der Waals surface area contributed by atoms with Crippen LogP contribution < -0.4 is 0 Å². The van der Waals surface area contributed by atoms with Crippen molar-refractivity contribution in [3.8, 4) is 0 Å². The summed E-state index contributed by atoms with van der Waals surface area (Å²) in [5.41, 5.74) is 0.975. The van der Waals surface area contributed by atoms with Crippen LogP contribution in [-0.4, -0.2) is 29.6 Å². The van der Waals surface area contributed by atoms with Crippen molar-refractivity contribution in [3.05, 3.63) is 47.0 Å². The van der Waals surface area contributed by atoms with Gasteiger partial charge in [-0.2, -0.15) is 0 Å². The molecule has 0 heterocycles. The van der Waals surface area contributed by atoms with E-state index >= 15 is 0 Å². The number of benzene rings is 2. The molecule has 0 aliphatic rings. The van der Waals surface area contributed by atoms with Gasteiger partial charge in [0.2, 0.25) is 0 Å². The lowest BCUT2D eigenvalue weighted by atomic mass is 10.00. The molecule has 1 N–H and O–H groups in total. The molecule has 2 aromatic rings. The van der Waals surface area contributed by atoms with Gasteiger partial charge < -0.3 is 10.0 Å². The van der Waals surface area contributed by atoms with Crippen LogP contribution in [-0.2, 0) is 0 Å². The number of aliphatic hydroxyl groups is 1. The predicted molar refractivity (Wildman–Crippen MR) is 100 cm³/mol. The molecule has 0 saturated carbocycles. The average molecular weight is 334 g/mol. The van der Waals surface area contributed by atoms with Gasteiger partial charge in [0.05, 0.1) is 6.10 Å². The maximum absolute atomic E-state index is 10.8. The molecule has 0 amide bonds. The molecule has 1 atom stereocenters. The minimum absolute atomic E-state index is 0.481. The van der Waals surface area contributed by atoms with Crippen molar-refractivity contribution >= 4 is 22.4 Å². The van der Waals surface area contributed by atoms with Gasteiger partial charge in [-0.15, -0.1) is 0 Å². The Morgan fingerprint density at radius 3 is 2.17 bits per heavy atom. The van der Waals surface area contributed by atoms with Gasteiger partial charge in [-0.3, -0.25) is 0 Å². The maximum Gasteiger partial charge on any atom is 0.0922 e. The Bertz CT molecular complexity index is 606. The molecule has 0 aromatic heterocycles. The molecule has 126 valence electrons. The lowest BCUT2D eigenvalue weighted by Gasteiger charge is -2.25. The number of nitrogens with zero attached hydrogens (tertiary/aromatic N) is 1. The SMILES string of the molecule is CCCCN(CCCC)C[C@@H](O)c1ccc(Cl)c2ccccc12. The van der Waals surface area contributed by atoms with Crippen molar-refractivity contribution in [2.24, 2.45) is 0 Å². The van der Waals surface area contributed by atoms with Crippen molar-refractivity contribution in [1.29, 1.82) is 0 Å². The van der Waals surface area contributed by atoms with E-state index in [-0.39, 0.29) is 0 Å². The van der Waals surface area contributed by atoms with Gasteiger partial charge in [0.1, 0.15) is 0 Å². The van der Waals surface area contributed by atoms with E-state index in [4.69, 9.17) is 11.6 Å². The summed E-state index contributed by atoms with van der Waals surface area (Å²) < 4.78 is 0. The number of unbranched alkanes of at least 4 members (excludes halogenated alkanes) is 2. The van der Waals surface area contributed by atoms with E-state index in [2.05, 4.69) is 18.7 Å². The molecule has 0 fully saturated rings. The zero-order valence-electron chi connectivity index (χ0n) is 14.3. The van der Waals surface area contributed by atoms with E-state index in [0.29, 0.717) is 6.54 Å². The summed E-state index contributed by atoms with van der Waals surface area (Å²) in [7, 11) is 0. The summed E-state index contributed by atoms with van der Waals surface area (Å²) in [4.78, 5) is 2.39. The van der Waals surface area contributed by atoms with Gasteiger partial charge in [0.15, 0.2) is 0 Å². The fourth-order valence-corrected chi connectivity index (χ4v) is 3.20. The van der Waals surface area contributed by atoms with Gasteiger partial charge >= 0.3 is 0 Å². The largest absolute Gasteiger partial charge is 0.387 e. The molecule has 23 heavy (non-hydrogen) atoms. The van der Waals surface area contributed by atoms with Crippen molar-refractivity contribution in [3.63, 3.8) is 0 Å². The van der Waals surface area contributed by atoms with Gasteiger partial charge in [-0.1, -0.05) is 68.6 Å². The van der Waals surface area contributed by atoms with Crippen LogP contribution in [0.15, 0.2) is 36.4 Å². The summed E-state index contributed by atoms with van der Waals surface area (Å²) in [6.07, 6.45) is 4.24. The van der Waals surface area contributed by atoms with E-state index in [1.54, 1.807) is 0 Å². The first-order valence-electron chi connectivity index (χ1n) is 8.75. The van der Waals surface area contributed by atoms with Crippen LogP contribution in [0.3, 0.4) is 0 Å². The van der Waals surface area contributed by atoms with Crippen molar-refractivity contribution in [2.75, 3.05) is 19.6 Å². The van der Waals surface area contributed by atoms with Crippen molar-refractivity contribution in [2.45, 2.75) is 45.6 Å². The predicted octanol–water partition coefficient (Wildman–Crippen LogP) is 5.43.